The average Bonchev–Trinajstić information content (AvgIpc) is 1.50. The standard InChI is InChI=1S/2Al.H2OSi.O.4H/c;;1-2;;;;;/h;;2H2;;;;;. The molecule has 0 aliphatic rings. The minimum atomic E-state index is 0. The van der Waals surface area contributed by atoms with Gasteiger partial charge in [0.15, 0.2) is 17.4 Å². The van der Waals surface area contributed by atoms with Crippen molar-refractivity contribution >= 4 is 43.7 Å². The second-order valence-electron chi connectivity index (χ2n) is 0. The van der Waals surface area contributed by atoms with Crippen LogP contribution in [-0.4, -0.2) is 43.7 Å². The first kappa shape index (κ1) is 16.9. The summed E-state index contributed by atoms with van der Waals surface area (Å²) in [5.41, 5.74) is 0. The van der Waals surface area contributed by atoms with Gasteiger partial charge in [0, 0.05) is 0 Å². The van der Waals surface area contributed by atoms with Crippen LogP contribution in [0, 0.1) is 0 Å². The fourth-order valence-electron chi connectivity index (χ4n) is 0. The van der Waals surface area contributed by atoms with Crippen molar-refractivity contribution in [1.29, 1.82) is 0 Å². The van der Waals surface area contributed by atoms with Crippen molar-refractivity contribution in [3.05, 3.63) is 0 Å². The molecule has 0 atom stereocenters. The van der Waals surface area contributed by atoms with E-state index < -0.39 is 0 Å². The van der Waals surface area contributed by atoms with Crippen molar-refractivity contribution < 1.29 is 8.27 Å². The molecule has 0 spiro atoms. The molecule has 0 aromatic heterocycles. The first-order chi connectivity index (χ1) is 2.00. The molecule has 0 N–H and O–H groups in total. The third-order valence-electron chi connectivity index (χ3n) is 0. The summed E-state index contributed by atoms with van der Waals surface area (Å²) in [6.07, 6.45) is 0. The van der Waals surface area contributed by atoms with Crippen LogP contribution in [0.5, 0.6) is 0 Å². The summed E-state index contributed by atoms with van der Waals surface area (Å²) in [6, 6.07) is 0. The van der Waals surface area contributed by atoms with E-state index in [4.69, 9.17) is 8.27 Å². The van der Waals surface area contributed by atoms with Crippen LogP contribution in [-0.2, 0) is 8.27 Å². The fraction of sp³-hybridized carbons (Fsp3) is 0. The van der Waals surface area contributed by atoms with Crippen molar-refractivity contribution in [3.63, 3.8) is 0 Å². The summed E-state index contributed by atoms with van der Waals surface area (Å²) in [5.74, 6) is 0. The molecule has 0 saturated heterocycles. The Morgan fingerprint density at radius 1 is 1.20 bits per heavy atom. The van der Waals surface area contributed by atoms with Crippen LogP contribution in [0.25, 0.3) is 0 Å². The summed E-state index contributed by atoms with van der Waals surface area (Å²) in [5, 5.41) is 0. The van der Waals surface area contributed by atoms with Gasteiger partial charge in [0.05, 0.1) is 0 Å². The van der Waals surface area contributed by atoms with E-state index >= 15 is 0 Å². The zero-order valence-corrected chi connectivity index (χ0v) is 5.06. The van der Waals surface area contributed by atoms with Crippen LogP contribution in [0.3, 0.4) is 0 Å². The monoisotopic (exact) mass is 120 g/mol. The quantitative estimate of drug-likeness (QED) is 0.319. The molecule has 5 heteroatoms. The van der Waals surface area contributed by atoms with E-state index in [0.29, 0.717) is 26.4 Å². The molecular weight excluding hydrogens is 114 g/mol. The van der Waals surface area contributed by atoms with E-state index in [1.54, 1.807) is 0 Å². The predicted octanol–water partition coefficient (Wildman–Crippen LogP) is -2.99. The van der Waals surface area contributed by atoms with E-state index in [1.807, 2.05) is 0 Å². The van der Waals surface area contributed by atoms with Crippen LogP contribution in [0.15, 0.2) is 0 Å². The Bertz CT molecular complexity index is 9.61. The van der Waals surface area contributed by atoms with Gasteiger partial charge < -0.3 is 4.46 Å². The topological polar surface area (TPSA) is 34.1 Å². The van der Waals surface area contributed by atoms with Gasteiger partial charge in [-0.3, -0.25) is 0 Å². The molecule has 0 aromatic carbocycles. The van der Waals surface area contributed by atoms with Crippen LogP contribution < -0.4 is 0 Å². The Hall–Kier alpha value is 0.882. The van der Waals surface area contributed by atoms with Crippen molar-refractivity contribution in [1.82, 2.24) is 0 Å². The third kappa shape index (κ3) is 52.1. The molecule has 0 aromatic rings. The first-order valence-electron chi connectivity index (χ1n) is 0.577. The molecule has 0 radical (unpaired) electrons. The van der Waals surface area contributed by atoms with Crippen LogP contribution in [0.4, 0.5) is 0 Å². The summed E-state index contributed by atoms with van der Waals surface area (Å²) in [7, 11) is 0.611. The average molecular weight is 120 g/mol. The molecule has 0 bridgehead atoms. The van der Waals surface area contributed by atoms with Crippen molar-refractivity contribution in [2.24, 2.45) is 0 Å². The van der Waals surface area contributed by atoms with Crippen LogP contribution >= 0.6 is 0 Å². The zero-order valence-electron chi connectivity index (χ0n) is 2.23. The van der Waals surface area contributed by atoms with Gasteiger partial charge in [-0.15, -0.1) is 0 Å². The molecule has 0 saturated carbocycles. The molecule has 2 nitrogen and oxygen atoms in total. The maximum atomic E-state index is 8.28. The van der Waals surface area contributed by atoms with Crippen molar-refractivity contribution in [2.75, 3.05) is 0 Å². The van der Waals surface area contributed by atoms with E-state index in [1.165, 1.54) is 0 Å². The molecule has 0 fully saturated rings. The van der Waals surface area contributed by atoms with Gasteiger partial charge in [-0.05, 0) is 0 Å². The first-order valence-corrected chi connectivity index (χ1v) is 1.73. The van der Waals surface area contributed by atoms with Crippen molar-refractivity contribution in [3.8, 4) is 0 Å². The Morgan fingerprint density at radius 2 is 1.20 bits per heavy atom. The zero-order chi connectivity index (χ0) is 4.00. The van der Waals surface area contributed by atoms with Crippen molar-refractivity contribution in [2.45, 2.75) is 0 Å². The SMILES string of the molecule is O=[SiH2].[AlH3].[O]=[AlH]. The van der Waals surface area contributed by atoms with E-state index in [0.717, 1.165) is 0 Å². The Kier molecular flexibility index (Phi) is 319. The van der Waals surface area contributed by atoms with Gasteiger partial charge in [-0.25, -0.2) is 0 Å². The summed E-state index contributed by atoms with van der Waals surface area (Å²) in [4.78, 5) is 0. The molecular formula is H6Al2O2Si. The Labute approximate surface area is 52.2 Å². The molecule has 28 valence electrons. The predicted molar refractivity (Wildman–Crippen MR) is 27.0 cm³/mol. The van der Waals surface area contributed by atoms with E-state index in [2.05, 4.69) is 0 Å². The number of rotatable bonds is 0. The number of hydrogen-bond donors (Lipinski definition) is 0. The van der Waals surface area contributed by atoms with Gasteiger partial charge >= 0.3 is 20.0 Å². The molecule has 0 unspecified atom stereocenters. The van der Waals surface area contributed by atoms with Gasteiger partial charge in [0.25, 0.3) is 0 Å². The normalized spacial score (nSPS) is 1.40. The minimum absolute atomic E-state index is 0. The second kappa shape index (κ2) is 94.6. The molecule has 0 aliphatic heterocycles. The summed E-state index contributed by atoms with van der Waals surface area (Å²) in [6.45, 7) is 0. The van der Waals surface area contributed by atoms with Gasteiger partial charge in [-0.2, -0.15) is 0 Å². The van der Waals surface area contributed by atoms with Gasteiger partial charge in [0.2, 0.25) is 10.1 Å². The van der Waals surface area contributed by atoms with E-state index in [9.17, 15) is 0 Å². The van der Waals surface area contributed by atoms with Gasteiger partial charge in [-0.1, -0.05) is 0 Å². The second-order valence-corrected chi connectivity index (χ2v) is 0. The molecule has 0 amide bonds. The fourth-order valence-corrected chi connectivity index (χ4v) is 0. The van der Waals surface area contributed by atoms with Crippen LogP contribution in [0.2, 0.25) is 0 Å². The maximum absolute atomic E-state index is 8.28. The van der Waals surface area contributed by atoms with E-state index in [-0.39, 0.29) is 17.4 Å². The summed E-state index contributed by atoms with van der Waals surface area (Å²) >= 11 is 0.611. The number of hydrogen-bond acceptors (Lipinski definition) is 2. The molecule has 0 rings (SSSR count). The van der Waals surface area contributed by atoms with Crippen LogP contribution in [0.1, 0.15) is 0 Å². The molecule has 0 aliphatic carbocycles. The molecule has 0 heterocycles. The Balaban J connectivity index is -0.0000000133. The summed E-state index contributed by atoms with van der Waals surface area (Å²) < 4.78 is 16.6. The Morgan fingerprint density at radius 3 is 1.20 bits per heavy atom. The molecule has 5 heavy (non-hydrogen) atoms. The van der Waals surface area contributed by atoms with Gasteiger partial charge in [0.1, 0.15) is 0 Å². The third-order valence-corrected chi connectivity index (χ3v) is 0.